The van der Waals surface area contributed by atoms with Crippen LogP contribution in [0.5, 0.6) is 0 Å². The molecule has 0 saturated carbocycles. The fraction of sp³-hybridized carbons (Fsp3) is 0.467. The number of nitrogens with zero attached hydrogens (tertiary/aromatic N) is 2. The lowest BCUT2D eigenvalue weighted by atomic mass is 9.90. The van der Waals surface area contributed by atoms with Crippen LogP contribution in [0, 0.1) is 11.3 Å². The average molecular weight is 242 g/mol. The van der Waals surface area contributed by atoms with Gasteiger partial charge >= 0.3 is 0 Å². The Kier molecular flexibility index (Phi) is 3.99. The molecule has 3 nitrogen and oxygen atoms in total. The molecule has 0 heterocycles. The maximum atomic E-state index is 12.2. The summed E-state index contributed by atoms with van der Waals surface area (Å²) in [4.78, 5) is 13.8. The average Bonchev–Trinajstić information content (AvgIpc) is 2.43. The van der Waals surface area contributed by atoms with Gasteiger partial charge in [0.05, 0.1) is 12.5 Å². The van der Waals surface area contributed by atoms with E-state index in [0.29, 0.717) is 13.0 Å². The van der Waals surface area contributed by atoms with Crippen molar-refractivity contribution in [3.05, 3.63) is 34.9 Å². The second kappa shape index (κ2) is 5.68. The van der Waals surface area contributed by atoms with Crippen molar-refractivity contribution < 1.29 is 4.79 Å². The molecule has 0 N–H and O–H groups in total. The smallest absolute Gasteiger partial charge is 0.253 e. The van der Waals surface area contributed by atoms with Gasteiger partial charge in [0.1, 0.15) is 0 Å². The van der Waals surface area contributed by atoms with Crippen LogP contribution in [0.15, 0.2) is 18.2 Å². The van der Waals surface area contributed by atoms with Crippen LogP contribution in [0.1, 0.15) is 40.7 Å². The molecule has 0 atom stereocenters. The molecule has 0 radical (unpaired) electrons. The summed E-state index contributed by atoms with van der Waals surface area (Å²) in [6.45, 7) is 0.492. The number of amides is 1. The maximum Gasteiger partial charge on any atom is 0.253 e. The van der Waals surface area contributed by atoms with Crippen LogP contribution in [0.2, 0.25) is 0 Å². The molecular formula is C15H18N2O. The zero-order valence-electron chi connectivity index (χ0n) is 10.8. The quantitative estimate of drug-likeness (QED) is 0.817. The molecule has 0 fully saturated rings. The maximum absolute atomic E-state index is 12.2. The molecule has 18 heavy (non-hydrogen) atoms. The van der Waals surface area contributed by atoms with Crippen molar-refractivity contribution in [2.75, 3.05) is 13.6 Å². The minimum Gasteiger partial charge on any atom is -0.341 e. The number of hydrogen-bond acceptors (Lipinski definition) is 2. The van der Waals surface area contributed by atoms with Crippen LogP contribution in [-0.4, -0.2) is 24.4 Å². The Morgan fingerprint density at radius 3 is 2.78 bits per heavy atom. The summed E-state index contributed by atoms with van der Waals surface area (Å²) in [7, 11) is 1.75. The van der Waals surface area contributed by atoms with E-state index in [0.717, 1.165) is 18.4 Å². The summed E-state index contributed by atoms with van der Waals surface area (Å²) in [5, 5.41) is 8.54. The monoisotopic (exact) mass is 242 g/mol. The molecule has 1 aliphatic rings. The minimum absolute atomic E-state index is 0.0126. The third-order valence-corrected chi connectivity index (χ3v) is 3.50. The van der Waals surface area contributed by atoms with Gasteiger partial charge < -0.3 is 4.90 Å². The van der Waals surface area contributed by atoms with Crippen molar-refractivity contribution in [2.45, 2.75) is 32.1 Å². The van der Waals surface area contributed by atoms with Crippen LogP contribution < -0.4 is 0 Å². The lowest BCUT2D eigenvalue weighted by Crippen LogP contribution is -2.27. The zero-order valence-corrected chi connectivity index (χ0v) is 10.8. The van der Waals surface area contributed by atoms with Gasteiger partial charge in [-0.15, -0.1) is 0 Å². The Balaban J connectivity index is 2.13. The number of benzene rings is 1. The molecule has 0 aliphatic heterocycles. The lowest BCUT2D eigenvalue weighted by Gasteiger charge is -2.19. The van der Waals surface area contributed by atoms with Crippen LogP contribution >= 0.6 is 0 Å². The highest BCUT2D eigenvalue weighted by molar-refractivity contribution is 5.94. The molecule has 1 aromatic carbocycles. The number of nitriles is 1. The van der Waals surface area contributed by atoms with Crippen molar-refractivity contribution in [2.24, 2.45) is 0 Å². The third-order valence-electron chi connectivity index (χ3n) is 3.50. The van der Waals surface area contributed by atoms with Crippen LogP contribution in [0.25, 0.3) is 0 Å². The molecule has 0 unspecified atom stereocenters. The zero-order chi connectivity index (χ0) is 13.0. The molecule has 0 spiro atoms. The largest absolute Gasteiger partial charge is 0.341 e. The third kappa shape index (κ3) is 2.70. The van der Waals surface area contributed by atoms with Crippen molar-refractivity contribution in [3.8, 4) is 6.07 Å². The Morgan fingerprint density at radius 2 is 2.06 bits per heavy atom. The van der Waals surface area contributed by atoms with Gasteiger partial charge in [-0.1, -0.05) is 6.07 Å². The van der Waals surface area contributed by atoms with Crippen molar-refractivity contribution in [1.29, 1.82) is 5.26 Å². The number of aryl methyl sites for hydroxylation is 2. The van der Waals surface area contributed by atoms with Gasteiger partial charge in [-0.05, 0) is 48.9 Å². The number of carbonyl (C=O) groups excluding carboxylic acids is 1. The summed E-state index contributed by atoms with van der Waals surface area (Å²) in [6, 6.07) is 8.08. The highest BCUT2D eigenvalue weighted by Crippen LogP contribution is 2.22. The van der Waals surface area contributed by atoms with Gasteiger partial charge in [-0.2, -0.15) is 5.26 Å². The predicted octanol–water partition coefficient (Wildman–Crippen LogP) is 2.55. The Morgan fingerprint density at radius 1 is 1.33 bits per heavy atom. The van der Waals surface area contributed by atoms with Crippen LogP contribution in [-0.2, 0) is 12.8 Å². The van der Waals surface area contributed by atoms with Gasteiger partial charge in [-0.3, -0.25) is 4.79 Å². The Labute approximate surface area is 108 Å². The van der Waals surface area contributed by atoms with Crippen molar-refractivity contribution in [1.82, 2.24) is 4.90 Å². The van der Waals surface area contributed by atoms with E-state index in [-0.39, 0.29) is 5.91 Å². The van der Waals surface area contributed by atoms with Crippen molar-refractivity contribution >= 4 is 5.91 Å². The summed E-state index contributed by atoms with van der Waals surface area (Å²) in [6.07, 6.45) is 5.07. The summed E-state index contributed by atoms with van der Waals surface area (Å²) in [5.74, 6) is 0.0126. The van der Waals surface area contributed by atoms with Crippen LogP contribution in [0.3, 0.4) is 0 Å². The second-order valence-corrected chi connectivity index (χ2v) is 4.83. The molecule has 1 aromatic rings. The summed E-state index contributed by atoms with van der Waals surface area (Å²) >= 11 is 0. The summed E-state index contributed by atoms with van der Waals surface area (Å²) in [5.41, 5.74) is 3.45. The molecule has 2 rings (SSSR count). The second-order valence-electron chi connectivity index (χ2n) is 4.83. The minimum atomic E-state index is 0.0126. The SMILES string of the molecule is CN(CCC#N)C(=O)c1ccc2c(c1)CCCC2. The molecule has 0 aromatic heterocycles. The first kappa shape index (κ1) is 12.6. The molecule has 0 saturated heterocycles. The van der Waals surface area contributed by atoms with E-state index in [2.05, 4.69) is 12.1 Å². The highest BCUT2D eigenvalue weighted by Gasteiger charge is 2.15. The van der Waals surface area contributed by atoms with Gasteiger partial charge in [0, 0.05) is 19.2 Å². The van der Waals surface area contributed by atoms with Gasteiger partial charge in [0.2, 0.25) is 0 Å². The predicted molar refractivity (Wildman–Crippen MR) is 70.3 cm³/mol. The molecule has 1 aliphatic carbocycles. The molecule has 0 bridgehead atoms. The number of fused-ring (bicyclic) bond motifs is 1. The van der Waals surface area contributed by atoms with E-state index in [1.54, 1.807) is 11.9 Å². The highest BCUT2D eigenvalue weighted by atomic mass is 16.2. The van der Waals surface area contributed by atoms with E-state index in [9.17, 15) is 4.79 Å². The number of hydrogen-bond donors (Lipinski definition) is 0. The van der Waals surface area contributed by atoms with E-state index in [4.69, 9.17) is 5.26 Å². The van der Waals surface area contributed by atoms with Crippen molar-refractivity contribution in [3.63, 3.8) is 0 Å². The number of carbonyl (C=O) groups is 1. The van der Waals surface area contributed by atoms with Crippen LogP contribution in [0.4, 0.5) is 0 Å². The van der Waals surface area contributed by atoms with Gasteiger partial charge in [0.15, 0.2) is 0 Å². The first-order chi connectivity index (χ1) is 8.72. The fourth-order valence-corrected chi connectivity index (χ4v) is 2.41. The number of rotatable bonds is 3. The topological polar surface area (TPSA) is 44.1 Å². The van der Waals surface area contributed by atoms with E-state index >= 15 is 0 Å². The van der Waals surface area contributed by atoms with E-state index in [1.807, 2.05) is 12.1 Å². The Hall–Kier alpha value is -1.82. The molecule has 3 heteroatoms. The lowest BCUT2D eigenvalue weighted by molar-refractivity contribution is 0.0798. The molecule has 1 amide bonds. The normalized spacial score (nSPS) is 13.6. The molecular weight excluding hydrogens is 224 g/mol. The Bertz CT molecular complexity index is 488. The van der Waals surface area contributed by atoms with E-state index in [1.165, 1.54) is 24.0 Å². The first-order valence-electron chi connectivity index (χ1n) is 6.46. The fourth-order valence-electron chi connectivity index (χ4n) is 2.41. The molecule has 94 valence electrons. The van der Waals surface area contributed by atoms with E-state index < -0.39 is 0 Å². The van der Waals surface area contributed by atoms with Gasteiger partial charge in [-0.25, -0.2) is 0 Å². The van der Waals surface area contributed by atoms with Gasteiger partial charge in [0.25, 0.3) is 5.91 Å². The standard InChI is InChI=1S/C15H18N2O/c1-17(10-4-9-16)15(18)14-8-7-12-5-2-3-6-13(12)11-14/h7-8,11H,2-6,10H2,1H3. The first-order valence-corrected chi connectivity index (χ1v) is 6.46. The summed E-state index contributed by atoms with van der Waals surface area (Å²) < 4.78 is 0.